The van der Waals surface area contributed by atoms with Crippen LogP contribution >= 0.6 is 0 Å². The summed E-state index contributed by atoms with van der Waals surface area (Å²) in [5.74, 6) is 2.81. The van der Waals surface area contributed by atoms with Gasteiger partial charge in [-0.3, -0.25) is 4.98 Å². The lowest BCUT2D eigenvalue weighted by Crippen LogP contribution is -2.00. The average Bonchev–Trinajstić information content (AvgIpc) is 3.76. The van der Waals surface area contributed by atoms with Crippen molar-refractivity contribution in [2.24, 2.45) is 0 Å². The van der Waals surface area contributed by atoms with E-state index in [2.05, 4.69) is 15.0 Å². The van der Waals surface area contributed by atoms with Crippen molar-refractivity contribution >= 4 is 33.0 Å². The largest absolute Gasteiger partial charge is 0.436 e. The van der Waals surface area contributed by atoms with Gasteiger partial charge in [-0.05, 0) is 60.0 Å². The summed E-state index contributed by atoms with van der Waals surface area (Å²) in [5, 5.41) is 2.02. The maximum absolute atomic E-state index is 5.98. The van der Waals surface area contributed by atoms with Crippen molar-refractivity contribution in [2.75, 3.05) is 0 Å². The fraction of sp³-hybridized carbons (Fsp3) is 0. The highest BCUT2D eigenvalue weighted by molar-refractivity contribution is 5.95. The molecule has 0 unspecified atom stereocenters. The first-order chi connectivity index (χ1) is 22.7. The minimum Gasteiger partial charge on any atom is -0.436 e. The van der Waals surface area contributed by atoms with E-state index in [-0.39, 0.29) is 0 Å². The number of benzene rings is 5. The van der Waals surface area contributed by atoms with Crippen LogP contribution in [0.25, 0.3) is 90.0 Å². The van der Waals surface area contributed by atoms with E-state index in [1.165, 1.54) is 0 Å². The van der Waals surface area contributed by atoms with Crippen molar-refractivity contribution in [1.82, 2.24) is 29.9 Å². The molecule has 8 nitrogen and oxygen atoms in total. The van der Waals surface area contributed by atoms with Crippen LogP contribution in [0.1, 0.15) is 0 Å². The number of rotatable bonds is 5. The van der Waals surface area contributed by atoms with E-state index in [4.69, 9.17) is 23.8 Å². The van der Waals surface area contributed by atoms with Gasteiger partial charge in [-0.25, -0.2) is 24.9 Å². The lowest BCUT2D eigenvalue weighted by atomic mass is 10.1. The molecule has 0 atom stereocenters. The Bertz CT molecular complexity index is 2330. The minimum absolute atomic E-state index is 0.554. The second-order valence-corrected chi connectivity index (χ2v) is 10.8. The summed E-state index contributed by atoms with van der Waals surface area (Å²) < 4.78 is 12.0. The molecule has 0 saturated heterocycles. The molecule has 0 aliphatic rings. The van der Waals surface area contributed by atoms with Gasteiger partial charge in [0.1, 0.15) is 11.0 Å². The number of nitrogens with zero attached hydrogens (tertiary/aromatic N) is 6. The number of aromatic nitrogens is 6. The summed E-state index contributed by atoms with van der Waals surface area (Å²) in [5.41, 5.74) is 7.46. The predicted molar refractivity (Wildman–Crippen MR) is 177 cm³/mol. The second-order valence-electron chi connectivity index (χ2n) is 10.8. The lowest BCUT2D eigenvalue weighted by Gasteiger charge is -2.10. The van der Waals surface area contributed by atoms with Crippen LogP contribution in [0.4, 0.5) is 0 Å². The van der Waals surface area contributed by atoms with Crippen LogP contribution < -0.4 is 0 Å². The van der Waals surface area contributed by atoms with E-state index in [9.17, 15) is 0 Å². The van der Waals surface area contributed by atoms with E-state index >= 15 is 0 Å². The maximum atomic E-state index is 5.98. The Labute approximate surface area is 262 Å². The summed E-state index contributed by atoms with van der Waals surface area (Å²) >= 11 is 0. The lowest BCUT2D eigenvalue weighted by molar-refractivity contribution is 0.619. The molecule has 9 rings (SSSR count). The molecule has 0 fully saturated rings. The molecule has 0 radical (unpaired) electrons. The van der Waals surface area contributed by atoms with Crippen molar-refractivity contribution in [1.29, 1.82) is 0 Å². The molecule has 0 N–H and O–H groups in total. The van der Waals surface area contributed by atoms with Gasteiger partial charge in [0, 0.05) is 45.6 Å². The third kappa shape index (κ3) is 4.56. The average molecular weight is 595 g/mol. The quantitative estimate of drug-likeness (QED) is 0.194. The minimum atomic E-state index is 0.554. The van der Waals surface area contributed by atoms with Gasteiger partial charge in [0.25, 0.3) is 0 Å². The van der Waals surface area contributed by atoms with E-state index in [1.54, 1.807) is 6.20 Å². The zero-order valence-corrected chi connectivity index (χ0v) is 24.2. The second kappa shape index (κ2) is 10.6. The molecule has 0 spiro atoms. The molecule has 0 aliphatic carbocycles. The number of oxazole rings is 2. The molecular formula is C38H22N6O2. The van der Waals surface area contributed by atoms with Gasteiger partial charge in [0.2, 0.25) is 11.8 Å². The van der Waals surface area contributed by atoms with Crippen molar-refractivity contribution in [3.05, 3.63) is 134 Å². The van der Waals surface area contributed by atoms with Crippen molar-refractivity contribution < 1.29 is 8.83 Å². The first-order valence-electron chi connectivity index (χ1n) is 14.8. The van der Waals surface area contributed by atoms with Crippen LogP contribution in [-0.2, 0) is 0 Å². The van der Waals surface area contributed by atoms with Crippen LogP contribution in [0, 0.1) is 0 Å². The molecular weight excluding hydrogens is 572 g/mol. The molecule has 4 heterocycles. The normalized spacial score (nSPS) is 11.5. The molecule has 0 bridgehead atoms. The standard InChI is InChI=1S/C38H22N6O2/c1-3-10-32-30(8-1)40-37(45-32)25-16-12-23(13-17-25)34-42-35(44-36(43-34)29-7-5-6-27-22-39-21-20-28(27)29)24-14-18-26(19-15-24)38-41-31-9-2-4-11-33(31)46-38/h1-22H. The molecule has 46 heavy (non-hydrogen) atoms. The summed E-state index contributed by atoms with van der Waals surface area (Å²) in [6.07, 6.45) is 3.63. The number of pyridine rings is 1. The van der Waals surface area contributed by atoms with Crippen molar-refractivity contribution in [2.45, 2.75) is 0 Å². The third-order valence-corrected chi connectivity index (χ3v) is 7.92. The summed E-state index contributed by atoms with van der Waals surface area (Å²) in [7, 11) is 0. The van der Waals surface area contributed by atoms with Crippen molar-refractivity contribution in [3.63, 3.8) is 0 Å². The predicted octanol–water partition coefficient (Wildman–Crippen LogP) is 9.04. The van der Waals surface area contributed by atoms with Gasteiger partial charge < -0.3 is 8.83 Å². The number of hydrogen-bond donors (Lipinski definition) is 0. The number of fused-ring (bicyclic) bond motifs is 3. The Balaban J connectivity index is 1.14. The third-order valence-electron chi connectivity index (χ3n) is 7.92. The molecule has 0 saturated carbocycles. The molecule has 5 aromatic carbocycles. The Morgan fingerprint density at radius 1 is 0.413 bits per heavy atom. The van der Waals surface area contributed by atoms with Crippen LogP contribution in [0.5, 0.6) is 0 Å². The zero-order chi connectivity index (χ0) is 30.5. The molecule has 9 aromatic rings. The highest BCUT2D eigenvalue weighted by atomic mass is 16.4. The Kier molecular flexibility index (Phi) is 5.95. The van der Waals surface area contributed by atoms with Gasteiger partial charge in [-0.2, -0.15) is 0 Å². The van der Waals surface area contributed by atoms with Gasteiger partial charge in [-0.1, -0.05) is 66.7 Å². The molecule has 0 amide bonds. The first-order valence-corrected chi connectivity index (χ1v) is 14.8. The van der Waals surface area contributed by atoms with Crippen LogP contribution in [0.3, 0.4) is 0 Å². The van der Waals surface area contributed by atoms with E-state index in [0.717, 1.165) is 60.8 Å². The van der Waals surface area contributed by atoms with Crippen LogP contribution in [-0.4, -0.2) is 29.9 Å². The first kappa shape index (κ1) is 25.9. The van der Waals surface area contributed by atoms with Crippen molar-refractivity contribution in [3.8, 4) is 57.1 Å². The summed E-state index contributed by atoms with van der Waals surface area (Å²) in [6.45, 7) is 0. The van der Waals surface area contributed by atoms with E-state index < -0.39 is 0 Å². The van der Waals surface area contributed by atoms with Gasteiger partial charge >= 0.3 is 0 Å². The SMILES string of the molecule is c1cc(-c2nc(-c3ccc(-c4nc5ccccc5o4)cc3)nc(-c3ccc(-c4nc5ccccc5o4)cc3)n2)c2ccncc2c1. The van der Waals surface area contributed by atoms with E-state index in [1.807, 2.05) is 128 Å². The van der Waals surface area contributed by atoms with Crippen LogP contribution in [0.2, 0.25) is 0 Å². The molecule has 216 valence electrons. The van der Waals surface area contributed by atoms with Gasteiger partial charge in [-0.15, -0.1) is 0 Å². The zero-order valence-electron chi connectivity index (χ0n) is 24.2. The number of para-hydroxylation sites is 4. The molecule has 0 aliphatic heterocycles. The fourth-order valence-electron chi connectivity index (χ4n) is 5.59. The topological polar surface area (TPSA) is 104 Å². The Morgan fingerprint density at radius 3 is 1.50 bits per heavy atom. The summed E-state index contributed by atoms with van der Waals surface area (Å²) in [4.78, 5) is 28.5. The maximum Gasteiger partial charge on any atom is 0.227 e. The molecule has 8 heteroatoms. The number of hydrogen-bond acceptors (Lipinski definition) is 8. The van der Waals surface area contributed by atoms with Gasteiger partial charge in [0.05, 0.1) is 0 Å². The highest BCUT2D eigenvalue weighted by Gasteiger charge is 2.16. The summed E-state index contributed by atoms with van der Waals surface area (Å²) in [6, 6.07) is 39.3. The van der Waals surface area contributed by atoms with E-state index in [0.29, 0.717) is 29.3 Å². The molecule has 4 aromatic heterocycles. The smallest absolute Gasteiger partial charge is 0.227 e. The van der Waals surface area contributed by atoms with Gasteiger partial charge in [0.15, 0.2) is 28.6 Å². The highest BCUT2D eigenvalue weighted by Crippen LogP contribution is 2.32. The van der Waals surface area contributed by atoms with Crippen LogP contribution in [0.15, 0.2) is 143 Å². The monoisotopic (exact) mass is 594 g/mol. The Hall–Kier alpha value is -6.54. The Morgan fingerprint density at radius 2 is 0.935 bits per heavy atom. The fourth-order valence-corrected chi connectivity index (χ4v) is 5.59.